The Hall–Kier alpha value is -1.66. The average molecular weight is 334 g/mol. The molecular formula is C17H22N2O3S. The predicted octanol–water partition coefficient (Wildman–Crippen LogP) is 2.00. The zero-order valence-corrected chi connectivity index (χ0v) is 14.0. The van der Waals surface area contributed by atoms with Crippen molar-refractivity contribution in [1.82, 2.24) is 9.80 Å². The third-order valence-corrected chi connectivity index (χ3v) is 5.26. The first kappa shape index (κ1) is 16.2. The van der Waals surface area contributed by atoms with Crippen molar-refractivity contribution >= 4 is 28.7 Å². The standard InChI is InChI=1S/C17H22N2O3S/c20-16(3-4-17(21)19-9-11-22-12-10-19)18-7-5-14(6-8-18)15-2-1-13-23-15/h1-2,5,13H,3-4,6-12H2. The number of morpholine rings is 1. The van der Waals surface area contributed by atoms with Gasteiger partial charge in [-0.05, 0) is 23.4 Å². The predicted molar refractivity (Wildman–Crippen MR) is 90.1 cm³/mol. The molecule has 0 aromatic carbocycles. The van der Waals surface area contributed by atoms with Gasteiger partial charge in [0.25, 0.3) is 0 Å². The molecule has 1 aromatic rings. The lowest BCUT2D eigenvalue weighted by Crippen LogP contribution is -2.41. The fourth-order valence-electron chi connectivity index (χ4n) is 2.92. The lowest BCUT2D eigenvalue weighted by atomic mass is 10.1. The van der Waals surface area contributed by atoms with E-state index in [1.165, 1.54) is 10.5 Å². The lowest BCUT2D eigenvalue weighted by Gasteiger charge is -2.28. The molecule has 2 aliphatic rings. The monoisotopic (exact) mass is 334 g/mol. The van der Waals surface area contributed by atoms with Gasteiger partial charge in [0.15, 0.2) is 0 Å². The summed E-state index contributed by atoms with van der Waals surface area (Å²) in [5.41, 5.74) is 1.33. The van der Waals surface area contributed by atoms with Crippen LogP contribution in [0.2, 0.25) is 0 Å². The summed E-state index contributed by atoms with van der Waals surface area (Å²) >= 11 is 1.74. The number of amides is 2. The first-order valence-electron chi connectivity index (χ1n) is 8.10. The molecule has 5 nitrogen and oxygen atoms in total. The van der Waals surface area contributed by atoms with E-state index in [-0.39, 0.29) is 11.8 Å². The smallest absolute Gasteiger partial charge is 0.223 e. The second-order valence-corrected chi connectivity index (χ2v) is 6.74. The maximum atomic E-state index is 12.3. The molecule has 0 spiro atoms. The molecule has 0 N–H and O–H groups in total. The Kier molecular flexibility index (Phi) is 5.46. The zero-order valence-electron chi connectivity index (χ0n) is 13.2. The van der Waals surface area contributed by atoms with Crippen LogP contribution in [0.15, 0.2) is 23.6 Å². The van der Waals surface area contributed by atoms with E-state index >= 15 is 0 Å². The Morgan fingerprint density at radius 1 is 1.09 bits per heavy atom. The van der Waals surface area contributed by atoms with Crippen LogP contribution in [0.5, 0.6) is 0 Å². The summed E-state index contributed by atoms with van der Waals surface area (Å²) < 4.78 is 5.24. The number of hydrogen-bond donors (Lipinski definition) is 0. The number of thiophene rings is 1. The minimum absolute atomic E-state index is 0.0634. The summed E-state index contributed by atoms with van der Waals surface area (Å²) in [6.45, 7) is 3.88. The quantitative estimate of drug-likeness (QED) is 0.846. The Labute approximate surface area is 140 Å². The van der Waals surface area contributed by atoms with Crippen molar-refractivity contribution in [2.24, 2.45) is 0 Å². The Morgan fingerprint density at radius 2 is 1.83 bits per heavy atom. The van der Waals surface area contributed by atoms with Gasteiger partial charge in [0.05, 0.1) is 13.2 Å². The van der Waals surface area contributed by atoms with Crippen molar-refractivity contribution in [3.05, 3.63) is 28.5 Å². The molecule has 6 heteroatoms. The maximum absolute atomic E-state index is 12.3. The van der Waals surface area contributed by atoms with Gasteiger partial charge in [-0.2, -0.15) is 0 Å². The van der Waals surface area contributed by atoms with Gasteiger partial charge in [0, 0.05) is 43.9 Å². The van der Waals surface area contributed by atoms with Gasteiger partial charge in [-0.25, -0.2) is 0 Å². The van der Waals surface area contributed by atoms with Crippen LogP contribution in [-0.2, 0) is 14.3 Å². The highest BCUT2D eigenvalue weighted by Gasteiger charge is 2.21. The van der Waals surface area contributed by atoms with Crippen LogP contribution >= 0.6 is 11.3 Å². The van der Waals surface area contributed by atoms with Crippen molar-refractivity contribution in [2.45, 2.75) is 19.3 Å². The highest BCUT2D eigenvalue weighted by atomic mass is 32.1. The van der Waals surface area contributed by atoms with E-state index in [2.05, 4.69) is 23.6 Å². The van der Waals surface area contributed by atoms with E-state index in [0.717, 1.165) is 13.0 Å². The van der Waals surface area contributed by atoms with E-state index < -0.39 is 0 Å². The molecule has 23 heavy (non-hydrogen) atoms. The largest absolute Gasteiger partial charge is 0.378 e. The topological polar surface area (TPSA) is 49.9 Å². The summed E-state index contributed by atoms with van der Waals surface area (Å²) in [4.78, 5) is 29.3. The fraction of sp³-hybridized carbons (Fsp3) is 0.529. The Balaban J connectivity index is 1.45. The molecule has 124 valence electrons. The molecule has 0 aliphatic carbocycles. The first-order valence-corrected chi connectivity index (χ1v) is 8.98. The van der Waals surface area contributed by atoms with Crippen molar-refractivity contribution in [1.29, 1.82) is 0 Å². The van der Waals surface area contributed by atoms with Gasteiger partial charge in [0.1, 0.15) is 0 Å². The highest BCUT2D eigenvalue weighted by molar-refractivity contribution is 7.11. The van der Waals surface area contributed by atoms with Crippen LogP contribution in [0.3, 0.4) is 0 Å². The highest BCUT2D eigenvalue weighted by Crippen LogP contribution is 2.26. The van der Waals surface area contributed by atoms with E-state index in [9.17, 15) is 9.59 Å². The first-order chi connectivity index (χ1) is 11.2. The molecule has 0 atom stereocenters. The molecule has 0 unspecified atom stereocenters. The van der Waals surface area contributed by atoms with E-state index in [1.54, 1.807) is 16.2 Å². The van der Waals surface area contributed by atoms with Crippen molar-refractivity contribution < 1.29 is 14.3 Å². The second kappa shape index (κ2) is 7.75. The lowest BCUT2D eigenvalue weighted by molar-refractivity contribution is -0.139. The summed E-state index contributed by atoms with van der Waals surface area (Å²) in [5.74, 6) is 0.140. The number of carbonyl (C=O) groups is 2. The van der Waals surface area contributed by atoms with Crippen LogP contribution in [0.25, 0.3) is 5.57 Å². The summed E-state index contributed by atoms with van der Waals surface area (Å²) in [6.07, 6.45) is 3.63. The van der Waals surface area contributed by atoms with Crippen LogP contribution in [0.1, 0.15) is 24.1 Å². The van der Waals surface area contributed by atoms with Gasteiger partial charge >= 0.3 is 0 Å². The molecule has 0 bridgehead atoms. The summed E-state index contributed by atoms with van der Waals surface area (Å²) in [7, 11) is 0. The molecule has 3 rings (SSSR count). The van der Waals surface area contributed by atoms with Crippen molar-refractivity contribution in [2.75, 3.05) is 39.4 Å². The number of hydrogen-bond acceptors (Lipinski definition) is 4. The molecule has 1 fully saturated rings. The normalized spacial score (nSPS) is 18.7. The van der Waals surface area contributed by atoms with Crippen LogP contribution < -0.4 is 0 Å². The molecule has 2 aliphatic heterocycles. The number of carbonyl (C=O) groups excluding carboxylic acids is 2. The second-order valence-electron chi connectivity index (χ2n) is 5.79. The number of rotatable bonds is 4. The van der Waals surface area contributed by atoms with Gasteiger partial charge in [-0.3, -0.25) is 9.59 Å². The molecule has 0 saturated carbocycles. The third kappa shape index (κ3) is 4.20. The molecule has 1 saturated heterocycles. The minimum Gasteiger partial charge on any atom is -0.378 e. The van der Waals surface area contributed by atoms with Crippen LogP contribution in [0, 0.1) is 0 Å². The SMILES string of the molecule is O=C(CCC(=O)N1CCOCC1)N1CC=C(c2cccs2)CC1. The molecule has 3 heterocycles. The van der Waals surface area contributed by atoms with Gasteiger partial charge in [-0.1, -0.05) is 12.1 Å². The van der Waals surface area contributed by atoms with Crippen molar-refractivity contribution in [3.63, 3.8) is 0 Å². The van der Waals surface area contributed by atoms with E-state index in [0.29, 0.717) is 45.7 Å². The van der Waals surface area contributed by atoms with E-state index in [1.807, 2.05) is 4.90 Å². The third-order valence-electron chi connectivity index (χ3n) is 4.32. The van der Waals surface area contributed by atoms with Crippen LogP contribution in [-0.4, -0.2) is 61.0 Å². The molecule has 2 amide bonds. The van der Waals surface area contributed by atoms with Gasteiger partial charge in [-0.15, -0.1) is 11.3 Å². The van der Waals surface area contributed by atoms with Crippen LogP contribution in [0.4, 0.5) is 0 Å². The zero-order chi connectivity index (χ0) is 16.1. The minimum atomic E-state index is 0.0634. The Morgan fingerprint density at radius 3 is 2.43 bits per heavy atom. The van der Waals surface area contributed by atoms with Gasteiger partial charge < -0.3 is 14.5 Å². The number of nitrogens with zero attached hydrogens (tertiary/aromatic N) is 2. The fourth-order valence-corrected chi connectivity index (χ4v) is 3.72. The van der Waals surface area contributed by atoms with Crippen molar-refractivity contribution in [3.8, 4) is 0 Å². The molecular weight excluding hydrogens is 312 g/mol. The average Bonchev–Trinajstić information content (AvgIpc) is 3.15. The van der Waals surface area contributed by atoms with Gasteiger partial charge in [0.2, 0.25) is 11.8 Å². The molecule has 0 radical (unpaired) electrons. The number of ether oxygens (including phenoxy) is 1. The Bertz CT molecular complexity index is 577. The molecule has 1 aromatic heterocycles. The van der Waals surface area contributed by atoms with E-state index in [4.69, 9.17) is 4.74 Å². The summed E-state index contributed by atoms with van der Waals surface area (Å²) in [6, 6.07) is 4.17. The summed E-state index contributed by atoms with van der Waals surface area (Å²) in [5, 5.41) is 2.07. The maximum Gasteiger partial charge on any atom is 0.223 e.